The van der Waals surface area contributed by atoms with Crippen molar-refractivity contribution in [3.05, 3.63) is 47.0 Å². The Kier molecular flexibility index (Phi) is 5.52. The summed E-state index contributed by atoms with van der Waals surface area (Å²) in [4.78, 5) is 0. The molecule has 1 aromatic rings. The lowest BCUT2D eigenvalue weighted by atomic mass is 10.1. The van der Waals surface area contributed by atoms with E-state index >= 15 is 0 Å². The summed E-state index contributed by atoms with van der Waals surface area (Å²) in [7, 11) is 0. The Morgan fingerprint density at radius 2 is 2.17 bits per heavy atom. The molecule has 0 aliphatic carbocycles. The van der Waals surface area contributed by atoms with Crippen molar-refractivity contribution in [1.29, 1.82) is 0 Å². The summed E-state index contributed by atoms with van der Waals surface area (Å²) in [6.45, 7) is 10.5. The summed E-state index contributed by atoms with van der Waals surface area (Å²) in [5.41, 5.74) is 7.32. The van der Waals surface area contributed by atoms with Gasteiger partial charge in [-0.05, 0) is 44.1 Å². The molecule has 96 valence electrons. The van der Waals surface area contributed by atoms with Crippen molar-refractivity contribution in [2.24, 2.45) is 5.10 Å². The third kappa shape index (κ3) is 5.10. The lowest BCUT2D eigenvalue weighted by Crippen LogP contribution is -2.32. The standard InChI is InChI=1S/C14H19N3S/c1-10(2)8-15-14(18)17-16-9-13-6-5-11(3)7-12(13)4/h5-7,9H,1,8H2,2-4H3,(H2,15,17,18). The first kappa shape index (κ1) is 14.4. The average Bonchev–Trinajstić information content (AvgIpc) is 2.29. The van der Waals surface area contributed by atoms with Crippen molar-refractivity contribution < 1.29 is 0 Å². The van der Waals surface area contributed by atoms with Gasteiger partial charge in [-0.15, -0.1) is 0 Å². The topological polar surface area (TPSA) is 36.4 Å². The van der Waals surface area contributed by atoms with Crippen LogP contribution in [-0.4, -0.2) is 17.9 Å². The molecule has 0 atom stereocenters. The van der Waals surface area contributed by atoms with E-state index < -0.39 is 0 Å². The van der Waals surface area contributed by atoms with E-state index in [4.69, 9.17) is 12.2 Å². The number of benzene rings is 1. The molecule has 0 aliphatic rings. The Morgan fingerprint density at radius 3 is 2.78 bits per heavy atom. The van der Waals surface area contributed by atoms with Gasteiger partial charge in [0, 0.05) is 6.54 Å². The van der Waals surface area contributed by atoms with Gasteiger partial charge in [0.25, 0.3) is 0 Å². The van der Waals surface area contributed by atoms with Gasteiger partial charge in [0.2, 0.25) is 0 Å². The lowest BCUT2D eigenvalue weighted by molar-refractivity contribution is 0.917. The third-order valence-corrected chi connectivity index (χ3v) is 2.58. The first-order valence-corrected chi connectivity index (χ1v) is 6.18. The molecular weight excluding hydrogens is 242 g/mol. The smallest absolute Gasteiger partial charge is 0.187 e. The third-order valence-electron chi connectivity index (χ3n) is 2.35. The first-order valence-electron chi connectivity index (χ1n) is 5.77. The second-order valence-electron chi connectivity index (χ2n) is 4.37. The highest BCUT2D eigenvalue weighted by molar-refractivity contribution is 7.80. The zero-order valence-electron chi connectivity index (χ0n) is 11.1. The first-order chi connectivity index (χ1) is 8.49. The van der Waals surface area contributed by atoms with Crippen LogP contribution in [-0.2, 0) is 0 Å². The van der Waals surface area contributed by atoms with Gasteiger partial charge in [-0.25, -0.2) is 0 Å². The van der Waals surface area contributed by atoms with Crippen LogP contribution in [0.2, 0.25) is 0 Å². The van der Waals surface area contributed by atoms with Gasteiger partial charge in [-0.1, -0.05) is 35.9 Å². The molecule has 0 radical (unpaired) electrons. The minimum Gasteiger partial charge on any atom is -0.358 e. The molecule has 0 heterocycles. The van der Waals surface area contributed by atoms with Crippen molar-refractivity contribution in [3.8, 4) is 0 Å². The number of hydrazone groups is 1. The molecule has 0 fully saturated rings. The summed E-state index contributed by atoms with van der Waals surface area (Å²) in [5.74, 6) is 0. The fourth-order valence-electron chi connectivity index (χ4n) is 1.40. The Labute approximate surface area is 114 Å². The van der Waals surface area contributed by atoms with E-state index in [1.54, 1.807) is 6.21 Å². The van der Waals surface area contributed by atoms with Crippen LogP contribution in [0, 0.1) is 13.8 Å². The van der Waals surface area contributed by atoms with Crippen molar-refractivity contribution in [1.82, 2.24) is 10.7 Å². The second-order valence-corrected chi connectivity index (χ2v) is 4.78. The molecule has 3 nitrogen and oxygen atoms in total. The molecule has 1 aromatic carbocycles. The van der Waals surface area contributed by atoms with Gasteiger partial charge < -0.3 is 5.32 Å². The minimum absolute atomic E-state index is 0.499. The zero-order chi connectivity index (χ0) is 13.5. The molecule has 1 rings (SSSR count). The van der Waals surface area contributed by atoms with Gasteiger partial charge >= 0.3 is 0 Å². The number of nitrogens with one attached hydrogen (secondary N) is 2. The molecule has 0 spiro atoms. The van der Waals surface area contributed by atoms with E-state index in [-0.39, 0.29) is 0 Å². The minimum atomic E-state index is 0.499. The highest BCUT2D eigenvalue weighted by atomic mass is 32.1. The van der Waals surface area contributed by atoms with Gasteiger partial charge in [0.1, 0.15) is 0 Å². The zero-order valence-corrected chi connectivity index (χ0v) is 11.9. The number of aryl methyl sites for hydroxylation is 2. The lowest BCUT2D eigenvalue weighted by Gasteiger charge is -2.06. The molecule has 18 heavy (non-hydrogen) atoms. The number of thiocarbonyl (C=S) groups is 1. The number of rotatable bonds is 4. The van der Waals surface area contributed by atoms with Crippen molar-refractivity contribution in [2.75, 3.05) is 6.54 Å². The fraction of sp³-hybridized carbons (Fsp3) is 0.286. The van der Waals surface area contributed by atoms with Crippen molar-refractivity contribution >= 4 is 23.5 Å². The van der Waals surface area contributed by atoms with Gasteiger partial charge in [0.15, 0.2) is 5.11 Å². The molecule has 4 heteroatoms. The molecular formula is C14H19N3S. The highest BCUT2D eigenvalue weighted by Crippen LogP contribution is 2.07. The quantitative estimate of drug-likeness (QED) is 0.379. The predicted molar refractivity (Wildman–Crippen MR) is 82.1 cm³/mol. The van der Waals surface area contributed by atoms with E-state index in [1.807, 2.05) is 13.0 Å². The van der Waals surface area contributed by atoms with E-state index in [0.717, 1.165) is 11.1 Å². The van der Waals surface area contributed by atoms with Gasteiger partial charge in [-0.2, -0.15) is 5.10 Å². The largest absolute Gasteiger partial charge is 0.358 e. The number of hydrogen-bond donors (Lipinski definition) is 2. The molecule has 0 unspecified atom stereocenters. The Balaban J connectivity index is 2.49. The fourth-order valence-corrected chi connectivity index (χ4v) is 1.53. The van der Waals surface area contributed by atoms with Crippen LogP contribution < -0.4 is 10.7 Å². The van der Waals surface area contributed by atoms with Crippen LogP contribution >= 0.6 is 12.2 Å². The monoisotopic (exact) mass is 261 g/mol. The molecule has 0 saturated heterocycles. The van der Waals surface area contributed by atoms with Crippen LogP contribution in [0.15, 0.2) is 35.5 Å². The van der Waals surface area contributed by atoms with Crippen LogP contribution in [0.1, 0.15) is 23.6 Å². The summed E-state index contributed by atoms with van der Waals surface area (Å²) >= 11 is 5.06. The second kappa shape index (κ2) is 6.91. The Bertz CT molecular complexity index is 478. The van der Waals surface area contributed by atoms with Crippen LogP contribution in [0.25, 0.3) is 0 Å². The van der Waals surface area contributed by atoms with E-state index in [9.17, 15) is 0 Å². The maximum absolute atomic E-state index is 5.06. The van der Waals surface area contributed by atoms with E-state index in [0.29, 0.717) is 11.7 Å². The Hall–Kier alpha value is -1.68. The Morgan fingerprint density at radius 1 is 1.44 bits per heavy atom. The summed E-state index contributed by atoms with van der Waals surface area (Å²) in [6.07, 6.45) is 1.77. The van der Waals surface area contributed by atoms with Gasteiger partial charge in [-0.3, -0.25) is 5.43 Å². The van der Waals surface area contributed by atoms with Gasteiger partial charge in [0.05, 0.1) is 6.21 Å². The van der Waals surface area contributed by atoms with Crippen molar-refractivity contribution in [2.45, 2.75) is 20.8 Å². The number of hydrogen-bond acceptors (Lipinski definition) is 2. The van der Waals surface area contributed by atoms with Crippen molar-refractivity contribution in [3.63, 3.8) is 0 Å². The molecule has 0 aromatic heterocycles. The van der Waals surface area contributed by atoms with Crippen LogP contribution in [0.3, 0.4) is 0 Å². The predicted octanol–water partition coefficient (Wildman–Crippen LogP) is 2.68. The molecule has 0 bridgehead atoms. The molecule has 0 saturated carbocycles. The normalized spacial score (nSPS) is 10.4. The molecule has 2 N–H and O–H groups in total. The maximum Gasteiger partial charge on any atom is 0.187 e. The van der Waals surface area contributed by atoms with E-state index in [1.165, 1.54) is 11.1 Å². The van der Waals surface area contributed by atoms with E-state index in [2.05, 4.69) is 48.4 Å². The molecule has 0 amide bonds. The SMILES string of the molecule is C=C(C)CNC(=S)NN=Cc1ccc(C)cc1C. The summed E-state index contributed by atoms with van der Waals surface area (Å²) < 4.78 is 0. The highest BCUT2D eigenvalue weighted by Gasteiger charge is 1.95. The average molecular weight is 261 g/mol. The van der Waals surface area contributed by atoms with Crippen LogP contribution in [0.5, 0.6) is 0 Å². The molecule has 0 aliphatic heterocycles. The van der Waals surface area contributed by atoms with Crippen LogP contribution in [0.4, 0.5) is 0 Å². The maximum atomic E-state index is 5.06. The number of nitrogens with zero attached hydrogens (tertiary/aromatic N) is 1. The summed E-state index contributed by atoms with van der Waals surface area (Å²) in [6, 6.07) is 6.23. The summed E-state index contributed by atoms with van der Waals surface area (Å²) in [5, 5.41) is 7.60.